The van der Waals surface area contributed by atoms with Gasteiger partial charge in [-0.25, -0.2) is 4.39 Å². The molecule has 0 radical (unpaired) electrons. The molecule has 0 spiro atoms. The molecule has 124 valence electrons. The van der Waals surface area contributed by atoms with Crippen molar-refractivity contribution in [1.29, 1.82) is 0 Å². The van der Waals surface area contributed by atoms with Gasteiger partial charge in [0.25, 0.3) is 0 Å². The largest absolute Gasteiger partial charge is 0.490 e. The molecule has 1 fully saturated rings. The lowest BCUT2D eigenvalue weighted by Crippen LogP contribution is -2.44. The van der Waals surface area contributed by atoms with Gasteiger partial charge in [0.1, 0.15) is 0 Å². The summed E-state index contributed by atoms with van der Waals surface area (Å²) >= 11 is 0. The highest BCUT2D eigenvalue weighted by Crippen LogP contribution is 2.15. The van der Waals surface area contributed by atoms with Crippen LogP contribution in [0.25, 0.3) is 0 Å². The van der Waals surface area contributed by atoms with E-state index in [0.717, 1.165) is 45.2 Å². The summed E-state index contributed by atoms with van der Waals surface area (Å²) in [6.07, 6.45) is 0.841. The Hall–Kier alpha value is -0.855. The van der Waals surface area contributed by atoms with Crippen LogP contribution in [0, 0.1) is 5.82 Å². The first-order valence-electron chi connectivity index (χ1n) is 7.25. The van der Waals surface area contributed by atoms with E-state index in [1.807, 2.05) is 0 Å². The minimum absolute atomic E-state index is 0. The summed E-state index contributed by atoms with van der Waals surface area (Å²) in [6, 6.07) is 3.96. The Labute approximate surface area is 137 Å². The normalized spacial score (nSPS) is 16.2. The predicted octanol–water partition coefficient (Wildman–Crippen LogP) is -0.0564. The first kappa shape index (κ1) is 19.2. The Bertz CT molecular complexity index is 460. The number of rotatable bonds is 6. The van der Waals surface area contributed by atoms with Crippen molar-refractivity contribution in [3.05, 3.63) is 24.0 Å². The van der Waals surface area contributed by atoms with Gasteiger partial charge in [-0.05, 0) is 31.1 Å². The van der Waals surface area contributed by atoms with Gasteiger partial charge in [0.15, 0.2) is 11.6 Å². The molecule has 1 aliphatic rings. The number of likely N-dealkylation sites (N-methyl/N-ethyl adjacent to an activating group) is 1. The second-order valence-corrected chi connectivity index (χ2v) is 5.41. The van der Waals surface area contributed by atoms with Crippen LogP contribution in [-0.4, -0.2) is 73.3 Å². The van der Waals surface area contributed by atoms with Crippen LogP contribution < -0.4 is 10.2 Å². The quantitative estimate of drug-likeness (QED) is 0.565. The van der Waals surface area contributed by atoms with E-state index in [0.29, 0.717) is 6.61 Å². The molecule has 2 N–H and O–H groups in total. The van der Waals surface area contributed by atoms with E-state index in [-0.39, 0.29) is 23.6 Å². The zero-order valence-corrected chi connectivity index (χ0v) is 13.6. The summed E-state index contributed by atoms with van der Waals surface area (Å²) in [5.74, 6) is -0.419. The van der Waals surface area contributed by atoms with E-state index in [1.165, 1.54) is 12.1 Å². The van der Waals surface area contributed by atoms with Gasteiger partial charge in [-0.15, -0.1) is 12.4 Å². The predicted molar refractivity (Wildman–Crippen MR) is 87.5 cm³/mol. The van der Waals surface area contributed by atoms with Crippen molar-refractivity contribution >= 4 is 25.0 Å². The number of hydrogen-bond acceptors (Lipinski definition) is 5. The van der Waals surface area contributed by atoms with Gasteiger partial charge in [0.05, 0.1) is 6.61 Å². The number of hydrogen-bond donors (Lipinski definition) is 2. The Morgan fingerprint density at radius 3 is 2.50 bits per heavy atom. The van der Waals surface area contributed by atoms with Gasteiger partial charge in [0.2, 0.25) is 0 Å². The summed E-state index contributed by atoms with van der Waals surface area (Å²) in [4.78, 5) is 4.68. The van der Waals surface area contributed by atoms with Crippen LogP contribution in [0.5, 0.6) is 5.75 Å². The smallest absolute Gasteiger partial charge is 0.488 e. The fraction of sp³-hybridized carbons (Fsp3) is 0.571. The number of benzene rings is 1. The van der Waals surface area contributed by atoms with Crippen molar-refractivity contribution in [1.82, 2.24) is 9.80 Å². The Morgan fingerprint density at radius 2 is 1.91 bits per heavy atom. The maximum absolute atomic E-state index is 13.7. The van der Waals surface area contributed by atoms with Gasteiger partial charge in [-0.3, -0.25) is 0 Å². The molecule has 5 nitrogen and oxygen atoms in total. The van der Waals surface area contributed by atoms with Crippen LogP contribution in [0.4, 0.5) is 4.39 Å². The second kappa shape index (κ2) is 9.32. The van der Waals surface area contributed by atoms with Gasteiger partial charge in [0, 0.05) is 32.7 Å². The highest BCUT2D eigenvalue weighted by atomic mass is 35.5. The van der Waals surface area contributed by atoms with Crippen LogP contribution >= 0.6 is 12.4 Å². The Morgan fingerprint density at radius 1 is 1.23 bits per heavy atom. The molecular formula is C14H23BClFN2O3. The lowest BCUT2D eigenvalue weighted by molar-refractivity contribution is 0.145. The molecule has 0 atom stereocenters. The van der Waals surface area contributed by atoms with Crippen molar-refractivity contribution in [2.45, 2.75) is 6.42 Å². The average Bonchev–Trinajstić information content (AvgIpc) is 2.46. The minimum Gasteiger partial charge on any atom is -0.490 e. The third-order valence-corrected chi connectivity index (χ3v) is 3.73. The molecule has 0 aliphatic carbocycles. The highest BCUT2D eigenvalue weighted by Gasteiger charge is 2.15. The fourth-order valence-corrected chi connectivity index (χ4v) is 2.34. The first-order valence-corrected chi connectivity index (χ1v) is 7.25. The van der Waals surface area contributed by atoms with Crippen molar-refractivity contribution in [2.75, 3.05) is 46.4 Å². The lowest BCUT2D eigenvalue weighted by Gasteiger charge is -2.32. The van der Waals surface area contributed by atoms with Crippen LogP contribution in [0.1, 0.15) is 6.42 Å². The second-order valence-electron chi connectivity index (χ2n) is 5.41. The van der Waals surface area contributed by atoms with E-state index in [9.17, 15) is 4.39 Å². The van der Waals surface area contributed by atoms with Gasteiger partial charge < -0.3 is 24.6 Å². The minimum atomic E-state index is -1.66. The molecule has 8 heteroatoms. The Kier molecular flexibility index (Phi) is 8.13. The van der Waals surface area contributed by atoms with Crippen molar-refractivity contribution in [3.63, 3.8) is 0 Å². The number of ether oxygens (including phenoxy) is 1. The molecule has 0 aromatic heterocycles. The molecular weight excluding hydrogens is 309 g/mol. The zero-order chi connectivity index (χ0) is 15.2. The fourth-order valence-electron chi connectivity index (χ4n) is 2.34. The highest BCUT2D eigenvalue weighted by molar-refractivity contribution is 6.58. The van der Waals surface area contributed by atoms with Crippen LogP contribution in [0.15, 0.2) is 18.2 Å². The lowest BCUT2D eigenvalue weighted by atomic mass is 9.80. The molecule has 0 amide bonds. The van der Waals surface area contributed by atoms with Crippen molar-refractivity contribution < 1.29 is 19.2 Å². The van der Waals surface area contributed by atoms with E-state index in [4.69, 9.17) is 14.8 Å². The molecule has 1 aromatic rings. The molecule has 1 saturated heterocycles. The number of piperazine rings is 1. The van der Waals surface area contributed by atoms with Crippen LogP contribution in [0.3, 0.4) is 0 Å². The topological polar surface area (TPSA) is 56.2 Å². The summed E-state index contributed by atoms with van der Waals surface area (Å²) in [7, 11) is 0.460. The standard InChI is InChI=1S/C14H22BFN2O3.ClH/c1-17-6-8-18(9-7-17)5-2-10-21-14-4-3-12(15(19)20)11-13(14)16;/h3-4,11,19-20H,2,5-10H2,1H3;1H. The van der Waals surface area contributed by atoms with E-state index in [1.54, 1.807) is 0 Å². The molecule has 0 saturated carbocycles. The van der Waals surface area contributed by atoms with Crippen LogP contribution in [-0.2, 0) is 0 Å². The zero-order valence-electron chi connectivity index (χ0n) is 12.7. The van der Waals surface area contributed by atoms with E-state index in [2.05, 4.69) is 16.8 Å². The molecule has 1 aliphatic heterocycles. The van der Waals surface area contributed by atoms with Crippen LogP contribution in [0.2, 0.25) is 0 Å². The van der Waals surface area contributed by atoms with Crippen molar-refractivity contribution in [2.24, 2.45) is 0 Å². The molecule has 22 heavy (non-hydrogen) atoms. The summed E-state index contributed by atoms with van der Waals surface area (Å²) in [5.41, 5.74) is 0.122. The average molecular weight is 333 g/mol. The maximum Gasteiger partial charge on any atom is 0.488 e. The summed E-state index contributed by atoms with van der Waals surface area (Å²) in [6.45, 7) is 5.69. The van der Waals surface area contributed by atoms with E-state index >= 15 is 0 Å². The maximum atomic E-state index is 13.7. The number of halogens is 2. The SMILES string of the molecule is CN1CCN(CCCOc2ccc(B(O)O)cc2F)CC1.Cl. The van der Waals surface area contributed by atoms with Crippen molar-refractivity contribution in [3.8, 4) is 5.75 Å². The summed E-state index contributed by atoms with van der Waals surface area (Å²) < 4.78 is 19.1. The molecule has 1 heterocycles. The third-order valence-electron chi connectivity index (χ3n) is 3.73. The molecule has 0 bridgehead atoms. The van der Waals surface area contributed by atoms with Gasteiger partial charge >= 0.3 is 7.12 Å². The van der Waals surface area contributed by atoms with Gasteiger partial charge in [-0.2, -0.15) is 0 Å². The molecule has 1 aromatic carbocycles. The van der Waals surface area contributed by atoms with Gasteiger partial charge in [-0.1, -0.05) is 6.07 Å². The number of nitrogens with zero attached hydrogens (tertiary/aromatic N) is 2. The third kappa shape index (κ3) is 5.74. The first-order chi connectivity index (χ1) is 10.1. The molecule has 0 unspecified atom stereocenters. The summed E-state index contributed by atoms with van der Waals surface area (Å²) in [5, 5.41) is 17.9. The monoisotopic (exact) mass is 332 g/mol. The molecule has 2 rings (SSSR count). The Balaban J connectivity index is 0.00000242. The van der Waals surface area contributed by atoms with E-state index < -0.39 is 12.9 Å².